The molecule has 0 saturated carbocycles. The summed E-state index contributed by atoms with van der Waals surface area (Å²) in [5.74, 6) is 3.06. The van der Waals surface area contributed by atoms with E-state index in [-0.39, 0.29) is 6.04 Å². The lowest BCUT2D eigenvalue weighted by Gasteiger charge is -2.15. The first-order valence-electron chi connectivity index (χ1n) is 7.69. The number of nitrogens with one attached hydrogen (secondary N) is 2. The third-order valence-corrected chi connectivity index (χ3v) is 3.37. The summed E-state index contributed by atoms with van der Waals surface area (Å²) >= 11 is 0. The van der Waals surface area contributed by atoms with Gasteiger partial charge in [0.05, 0.1) is 6.04 Å². The van der Waals surface area contributed by atoms with E-state index < -0.39 is 0 Å². The summed E-state index contributed by atoms with van der Waals surface area (Å²) in [6.45, 7) is 0. The highest BCUT2D eigenvalue weighted by molar-refractivity contribution is 5.94. The Morgan fingerprint density at radius 1 is 1.21 bits per heavy atom. The number of nitrogens with zero attached hydrogens (tertiary/aromatic N) is 3. The van der Waals surface area contributed by atoms with Crippen LogP contribution in [0.2, 0.25) is 0 Å². The highest BCUT2D eigenvalue weighted by Crippen LogP contribution is 2.12. The predicted octanol–water partition coefficient (Wildman–Crippen LogP) is 2.94. The molecule has 0 bridgehead atoms. The van der Waals surface area contributed by atoms with Crippen LogP contribution in [-0.2, 0) is 6.42 Å². The highest BCUT2D eigenvalue weighted by atomic mass is 15.2. The van der Waals surface area contributed by atoms with Crippen molar-refractivity contribution in [1.29, 1.82) is 5.26 Å². The molecule has 1 aromatic heterocycles. The summed E-state index contributed by atoms with van der Waals surface area (Å²) in [5.41, 5.74) is 1.99. The summed E-state index contributed by atoms with van der Waals surface area (Å²) in [7, 11) is 0. The lowest BCUT2D eigenvalue weighted by molar-refractivity contribution is 0.623. The standard InChI is InChI=1S/C19H19N5/c1-2-3-9-18(14-16-7-5-4-6-8-16)24-19(22-15-20)23-17-10-12-21-13-11-17/h1,4-8,10-13,18H,3,9,14H2,(H2,21,22,23,24). The van der Waals surface area contributed by atoms with Gasteiger partial charge < -0.3 is 5.32 Å². The topological polar surface area (TPSA) is 73.1 Å². The van der Waals surface area contributed by atoms with E-state index in [9.17, 15) is 0 Å². The first-order chi connectivity index (χ1) is 11.8. The number of hydrogen-bond acceptors (Lipinski definition) is 3. The molecule has 2 N–H and O–H groups in total. The fourth-order valence-corrected chi connectivity index (χ4v) is 2.25. The Labute approximate surface area is 142 Å². The number of aliphatic imine (C=N–C) groups is 1. The molecule has 0 aliphatic rings. The van der Waals surface area contributed by atoms with Crippen LogP contribution in [0.1, 0.15) is 18.4 Å². The van der Waals surface area contributed by atoms with Crippen molar-refractivity contribution in [2.24, 2.45) is 4.99 Å². The first-order valence-corrected chi connectivity index (χ1v) is 7.69. The zero-order chi connectivity index (χ0) is 17.0. The maximum atomic E-state index is 8.97. The van der Waals surface area contributed by atoms with Crippen LogP contribution in [0.4, 0.5) is 5.69 Å². The van der Waals surface area contributed by atoms with Gasteiger partial charge in [0.25, 0.3) is 0 Å². The summed E-state index contributed by atoms with van der Waals surface area (Å²) in [5, 5.41) is 14.7. The Morgan fingerprint density at radius 3 is 2.62 bits per heavy atom. The molecule has 0 radical (unpaired) electrons. The molecule has 1 atom stereocenters. The Hall–Kier alpha value is -3.31. The van der Waals surface area contributed by atoms with Crippen LogP contribution in [0, 0.1) is 23.8 Å². The van der Waals surface area contributed by atoms with E-state index in [1.807, 2.05) is 36.5 Å². The minimum absolute atomic E-state index is 0.0198. The SMILES string of the molecule is C#CCCC(Cc1ccccc1)N=C(NC#N)Nc1ccncc1. The Balaban J connectivity index is 2.16. The van der Waals surface area contributed by atoms with Crippen molar-refractivity contribution in [3.63, 3.8) is 0 Å². The molecule has 2 rings (SSSR count). The largest absolute Gasteiger partial charge is 0.325 e. The number of rotatable bonds is 6. The molecule has 1 heterocycles. The molecule has 5 heteroatoms. The summed E-state index contributed by atoms with van der Waals surface area (Å²) < 4.78 is 0. The molecule has 1 unspecified atom stereocenters. The number of pyridine rings is 1. The maximum absolute atomic E-state index is 8.97. The first kappa shape index (κ1) is 17.1. The van der Waals surface area contributed by atoms with Gasteiger partial charge in [0.15, 0.2) is 6.19 Å². The van der Waals surface area contributed by atoms with Crippen molar-refractivity contribution in [3.05, 3.63) is 60.4 Å². The average molecular weight is 317 g/mol. The van der Waals surface area contributed by atoms with Gasteiger partial charge >= 0.3 is 0 Å². The van der Waals surface area contributed by atoms with Crippen molar-refractivity contribution in [2.45, 2.75) is 25.3 Å². The van der Waals surface area contributed by atoms with E-state index in [0.29, 0.717) is 12.4 Å². The Kier molecular flexibility index (Phi) is 6.86. The zero-order valence-electron chi connectivity index (χ0n) is 13.3. The van der Waals surface area contributed by atoms with Crippen molar-refractivity contribution < 1.29 is 0 Å². The number of nitriles is 1. The minimum atomic E-state index is -0.0198. The van der Waals surface area contributed by atoms with Crippen LogP contribution in [-0.4, -0.2) is 17.0 Å². The lowest BCUT2D eigenvalue weighted by atomic mass is 10.0. The number of aromatic nitrogens is 1. The predicted molar refractivity (Wildman–Crippen MR) is 96.0 cm³/mol. The van der Waals surface area contributed by atoms with Gasteiger partial charge in [-0.3, -0.25) is 10.3 Å². The Morgan fingerprint density at radius 2 is 1.96 bits per heavy atom. The third kappa shape index (κ3) is 5.82. The molecule has 0 fully saturated rings. The third-order valence-electron chi connectivity index (χ3n) is 3.37. The smallest absolute Gasteiger partial charge is 0.209 e. The molecule has 0 aliphatic heterocycles. The summed E-state index contributed by atoms with van der Waals surface area (Å²) in [4.78, 5) is 8.62. The molecule has 120 valence electrons. The molecule has 0 saturated heterocycles. The van der Waals surface area contributed by atoms with Crippen LogP contribution in [0.3, 0.4) is 0 Å². The fourth-order valence-electron chi connectivity index (χ4n) is 2.25. The van der Waals surface area contributed by atoms with Gasteiger partial charge in [0.1, 0.15) is 0 Å². The van der Waals surface area contributed by atoms with Crippen molar-refractivity contribution >= 4 is 11.6 Å². The second kappa shape index (κ2) is 9.66. The van der Waals surface area contributed by atoms with Crippen molar-refractivity contribution in [3.8, 4) is 18.5 Å². The van der Waals surface area contributed by atoms with Gasteiger partial charge in [-0.25, -0.2) is 4.99 Å². The van der Waals surface area contributed by atoms with Crippen LogP contribution < -0.4 is 10.6 Å². The van der Waals surface area contributed by atoms with Crippen LogP contribution in [0.5, 0.6) is 0 Å². The fraction of sp³-hybridized carbons (Fsp3) is 0.211. The van der Waals surface area contributed by atoms with Gasteiger partial charge in [-0.1, -0.05) is 30.3 Å². The molecule has 2 aromatic rings. The van der Waals surface area contributed by atoms with Gasteiger partial charge in [0.2, 0.25) is 5.96 Å². The van der Waals surface area contributed by atoms with Gasteiger partial charge in [0, 0.05) is 24.5 Å². The van der Waals surface area contributed by atoms with E-state index >= 15 is 0 Å². The van der Waals surface area contributed by atoms with Gasteiger partial charge in [-0.2, -0.15) is 5.26 Å². The monoisotopic (exact) mass is 317 g/mol. The molecule has 1 aromatic carbocycles. The minimum Gasteiger partial charge on any atom is -0.325 e. The molecular weight excluding hydrogens is 298 g/mol. The van der Waals surface area contributed by atoms with E-state index in [2.05, 4.69) is 38.7 Å². The summed E-state index contributed by atoms with van der Waals surface area (Å²) in [6.07, 6.45) is 12.8. The Bertz CT molecular complexity index is 726. The average Bonchev–Trinajstić information content (AvgIpc) is 2.61. The van der Waals surface area contributed by atoms with E-state index in [0.717, 1.165) is 18.5 Å². The molecule has 0 aliphatic carbocycles. The zero-order valence-corrected chi connectivity index (χ0v) is 13.3. The van der Waals surface area contributed by atoms with Crippen molar-refractivity contribution in [2.75, 3.05) is 5.32 Å². The van der Waals surface area contributed by atoms with E-state index in [1.165, 1.54) is 5.56 Å². The number of hydrogen-bond donors (Lipinski definition) is 2. The van der Waals surface area contributed by atoms with E-state index in [1.54, 1.807) is 12.4 Å². The van der Waals surface area contributed by atoms with Crippen molar-refractivity contribution in [1.82, 2.24) is 10.3 Å². The molecule has 24 heavy (non-hydrogen) atoms. The molecule has 0 spiro atoms. The van der Waals surface area contributed by atoms with Gasteiger partial charge in [-0.15, -0.1) is 12.3 Å². The van der Waals surface area contributed by atoms with Crippen LogP contribution in [0.25, 0.3) is 0 Å². The normalized spacial score (nSPS) is 11.8. The lowest BCUT2D eigenvalue weighted by Crippen LogP contribution is -2.29. The maximum Gasteiger partial charge on any atom is 0.209 e. The van der Waals surface area contributed by atoms with Gasteiger partial charge in [-0.05, 0) is 30.5 Å². The highest BCUT2D eigenvalue weighted by Gasteiger charge is 2.10. The number of guanidine groups is 1. The van der Waals surface area contributed by atoms with Crippen LogP contribution >= 0.6 is 0 Å². The molecule has 0 amide bonds. The van der Waals surface area contributed by atoms with Crippen LogP contribution in [0.15, 0.2) is 59.9 Å². The van der Waals surface area contributed by atoms with E-state index in [4.69, 9.17) is 11.7 Å². The number of anilines is 1. The quantitative estimate of drug-likeness (QED) is 0.282. The second-order valence-corrected chi connectivity index (χ2v) is 5.16. The number of benzene rings is 1. The second-order valence-electron chi connectivity index (χ2n) is 5.16. The molecule has 5 nitrogen and oxygen atoms in total. The summed E-state index contributed by atoms with van der Waals surface area (Å²) in [6, 6.07) is 13.7. The molecular formula is C19H19N5. The number of terminal acetylenes is 1.